The van der Waals surface area contributed by atoms with E-state index in [0.29, 0.717) is 6.54 Å². The highest BCUT2D eigenvalue weighted by Crippen LogP contribution is 2.28. The number of nitrogens with zero attached hydrogens (tertiary/aromatic N) is 2. The van der Waals surface area contributed by atoms with Crippen LogP contribution < -0.4 is 16.2 Å². The molecule has 1 aliphatic rings. The number of thiazole rings is 1. The maximum absolute atomic E-state index is 13.2. The summed E-state index contributed by atoms with van der Waals surface area (Å²) in [5, 5.41) is 13.1. The van der Waals surface area contributed by atoms with Crippen molar-refractivity contribution in [3.05, 3.63) is 41.0 Å². The standard InChI is InChI=1S/C23H33N5O3S/c1-14-19(32-13-26-14)16-8-6-15(7-9-16)11-25-21(30)18-10-17(29)12-28(18)22(31)20(27-24-5)23(2,3)4/h6-9,13,17-18,20,24,27,29H,10-12H2,1-5H3,(H,25,30)/t17-,18+,20-/m0/s1. The first kappa shape index (κ1) is 24.3. The van der Waals surface area contributed by atoms with Gasteiger partial charge in [-0.2, -0.15) is 0 Å². The molecule has 3 atom stereocenters. The van der Waals surface area contributed by atoms with E-state index >= 15 is 0 Å². The number of carbonyl (C=O) groups excluding carboxylic acids is 2. The molecule has 174 valence electrons. The number of aliphatic hydroxyl groups is 1. The van der Waals surface area contributed by atoms with Gasteiger partial charge < -0.3 is 15.3 Å². The van der Waals surface area contributed by atoms with E-state index < -0.39 is 18.2 Å². The first-order valence-corrected chi connectivity index (χ1v) is 11.7. The molecule has 1 saturated heterocycles. The third-order valence-corrected chi connectivity index (χ3v) is 6.67. The molecular formula is C23H33N5O3S. The highest BCUT2D eigenvalue weighted by molar-refractivity contribution is 7.13. The monoisotopic (exact) mass is 459 g/mol. The van der Waals surface area contributed by atoms with Crippen LogP contribution in [0.15, 0.2) is 29.8 Å². The third kappa shape index (κ3) is 5.53. The molecule has 0 spiro atoms. The maximum Gasteiger partial charge on any atom is 0.243 e. The van der Waals surface area contributed by atoms with Gasteiger partial charge in [0.1, 0.15) is 12.1 Å². The summed E-state index contributed by atoms with van der Waals surface area (Å²) in [4.78, 5) is 33.1. The SMILES string of the molecule is CNN[C@@H](C(=O)N1C[C@@H](O)C[C@@H]1C(=O)NCc1ccc(-c2scnc2C)cc1)C(C)(C)C. The van der Waals surface area contributed by atoms with Crippen LogP contribution in [-0.4, -0.2) is 58.6 Å². The second kappa shape index (κ2) is 10.1. The van der Waals surface area contributed by atoms with Crippen LogP contribution in [-0.2, 0) is 16.1 Å². The molecule has 8 nitrogen and oxygen atoms in total. The number of hydrazine groups is 1. The molecule has 9 heteroatoms. The van der Waals surface area contributed by atoms with Crippen LogP contribution in [0.25, 0.3) is 10.4 Å². The van der Waals surface area contributed by atoms with E-state index in [0.717, 1.165) is 21.7 Å². The number of β-amino-alcohol motifs (C(OH)–C–C–N with tert-alkyl or cyclic N) is 1. The van der Waals surface area contributed by atoms with Gasteiger partial charge in [-0.1, -0.05) is 45.0 Å². The molecule has 1 fully saturated rings. The number of benzene rings is 1. The quantitative estimate of drug-likeness (QED) is 0.471. The highest BCUT2D eigenvalue weighted by atomic mass is 32.1. The van der Waals surface area contributed by atoms with Crippen molar-refractivity contribution in [1.82, 2.24) is 26.1 Å². The van der Waals surface area contributed by atoms with Gasteiger partial charge in [0.25, 0.3) is 0 Å². The first-order valence-electron chi connectivity index (χ1n) is 10.8. The van der Waals surface area contributed by atoms with E-state index in [1.54, 1.807) is 18.4 Å². The average molecular weight is 460 g/mol. The fourth-order valence-corrected chi connectivity index (χ4v) is 4.74. The maximum atomic E-state index is 13.2. The van der Waals surface area contributed by atoms with Gasteiger partial charge in [0.2, 0.25) is 11.8 Å². The molecule has 0 bridgehead atoms. The van der Waals surface area contributed by atoms with E-state index in [2.05, 4.69) is 21.2 Å². The van der Waals surface area contributed by atoms with Gasteiger partial charge in [-0.15, -0.1) is 11.3 Å². The third-order valence-electron chi connectivity index (χ3n) is 5.69. The fraction of sp³-hybridized carbons (Fsp3) is 0.522. The van der Waals surface area contributed by atoms with Gasteiger partial charge in [0.05, 0.1) is 22.2 Å². The minimum atomic E-state index is -0.716. The number of rotatable bonds is 7. The van der Waals surface area contributed by atoms with Crippen molar-refractivity contribution < 1.29 is 14.7 Å². The van der Waals surface area contributed by atoms with Crippen LogP contribution in [0.1, 0.15) is 38.4 Å². The van der Waals surface area contributed by atoms with E-state index in [1.807, 2.05) is 57.5 Å². The molecule has 32 heavy (non-hydrogen) atoms. The Kier molecular flexibility index (Phi) is 7.66. The minimum Gasteiger partial charge on any atom is -0.391 e. The van der Waals surface area contributed by atoms with Gasteiger partial charge in [-0.05, 0) is 30.5 Å². The Labute approximate surface area is 193 Å². The molecule has 2 heterocycles. The largest absolute Gasteiger partial charge is 0.391 e. The lowest BCUT2D eigenvalue weighted by Gasteiger charge is -2.35. The van der Waals surface area contributed by atoms with E-state index in [9.17, 15) is 14.7 Å². The van der Waals surface area contributed by atoms with Gasteiger partial charge in [0, 0.05) is 19.5 Å². The normalized spacial score (nSPS) is 19.8. The molecule has 0 unspecified atom stereocenters. The molecular weight excluding hydrogens is 426 g/mol. The van der Waals surface area contributed by atoms with Crippen LogP contribution in [0.3, 0.4) is 0 Å². The van der Waals surface area contributed by atoms with E-state index in [4.69, 9.17) is 0 Å². The smallest absolute Gasteiger partial charge is 0.243 e. The zero-order valence-electron chi connectivity index (χ0n) is 19.3. The summed E-state index contributed by atoms with van der Waals surface area (Å²) in [6.45, 7) is 8.36. The number of aryl methyl sites for hydroxylation is 1. The molecule has 0 aliphatic carbocycles. The van der Waals surface area contributed by atoms with Gasteiger partial charge in [0.15, 0.2) is 0 Å². The predicted octanol–water partition coefficient (Wildman–Crippen LogP) is 1.84. The Hall–Kier alpha value is -2.33. The number of nitrogens with one attached hydrogen (secondary N) is 3. The number of aliphatic hydroxyl groups excluding tert-OH is 1. The van der Waals surface area contributed by atoms with Crippen molar-refractivity contribution in [2.45, 2.75) is 58.8 Å². The molecule has 2 aromatic rings. The summed E-state index contributed by atoms with van der Waals surface area (Å²) < 4.78 is 0. The lowest BCUT2D eigenvalue weighted by molar-refractivity contribution is -0.142. The van der Waals surface area contributed by atoms with Gasteiger partial charge in [-0.25, -0.2) is 10.4 Å². The summed E-state index contributed by atoms with van der Waals surface area (Å²) in [7, 11) is 1.70. The van der Waals surface area contributed by atoms with Crippen LogP contribution in [0.5, 0.6) is 0 Å². The van der Waals surface area contributed by atoms with Crippen molar-refractivity contribution in [3.8, 4) is 10.4 Å². The molecule has 2 amide bonds. The second-order valence-electron chi connectivity index (χ2n) is 9.27. The predicted molar refractivity (Wildman–Crippen MR) is 126 cm³/mol. The molecule has 1 aromatic heterocycles. The van der Waals surface area contributed by atoms with Crippen LogP contribution >= 0.6 is 11.3 Å². The van der Waals surface area contributed by atoms with Crippen molar-refractivity contribution >= 4 is 23.2 Å². The first-order chi connectivity index (χ1) is 15.1. The Morgan fingerprint density at radius 1 is 1.28 bits per heavy atom. The second-order valence-corrected chi connectivity index (χ2v) is 10.1. The molecule has 1 aromatic carbocycles. The van der Waals surface area contributed by atoms with E-state index in [-0.39, 0.29) is 30.2 Å². The van der Waals surface area contributed by atoms with Crippen molar-refractivity contribution in [2.75, 3.05) is 13.6 Å². The Bertz CT molecular complexity index is 938. The van der Waals surface area contributed by atoms with Crippen molar-refractivity contribution in [2.24, 2.45) is 5.41 Å². The average Bonchev–Trinajstić information content (AvgIpc) is 3.35. The number of carbonyl (C=O) groups is 2. The Morgan fingerprint density at radius 3 is 2.53 bits per heavy atom. The summed E-state index contributed by atoms with van der Waals surface area (Å²) in [6.07, 6.45) is -0.482. The lowest BCUT2D eigenvalue weighted by atomic mass is 9.86. The zero-order chi connectivity index (χ0) is 23.5. The van der Waals surface area contributed by atoms with Crippen LogP contribution in [0.2, 0.25) is 0 Å². The number of hydrogen-bond acceptors (Lipinski definition) is 7. The number of aromatic nitrogens is 1. The van der Waals surface area contributed by atoms with Crippen LogP contribution in [0, 0.1) is 12.3 Å². The van der Waals surface area contributed by atoms with Gasteiger partial charge in [-0.3, -0.25) is 15.0 Å². The molecule has 1 aliphatic heterocycles. The highest BCUT2D eigenvalue weighted by Gasteiger charge is 2.43. The van der Waals surface area contributed by atoms with Gasteiger partial charge >= 0.3 is 0 Å². The number of amides is 2. The fourth-order valence-electron chi connectivity index (χ4n) is 3.92. The van der Waals surface area contributed by atoms with E-state index in [1.165, 1.54) is 4.90 Å². The van der Waals surface area contributed by atoms with Crippen LogP contribution in [0.4, 0.5) is 0 Å². The summed E-state index contributed by atoms with van der Waals surface area (Å²) in [6, 6.07) is 6.78. The molecule has 0 saturated carbocycles. The molecule has 3 rings (SSSR count). The van der Waals surface area contributed by atoms with Crippen molar-refractivity contribution in [3.63, 3.8) is 0 Å². The molecule has 0 radical (unpaired) electrons. The topological polar surface area (TPSA) is 107 Å². The lowest BCUT2D eigenvalue weighted by Crippen LogP contribution is -2.58. The Morgan fingerprint density at radius 2 is 1.97 bits per heavy atom. The summed E-state index contributed by atoms with van der Waals surface area (Å²) in [5.74, 6) is -0.456. The Balaban J connectivity index is 1.65. The molecule has 4 N–H and O–H groups in total. The minimum absolute atomic E-state index is 0.151. The van der Waals surface area contributed by atoms with Crippen molar-refractivity contribution in [1.29, 1.82) is 0 Å². The zero-order valence-corrected chi connectivity index (χ0v) is 20.1. The summed E-state index contributed by atoms with van der Waals surface area (Å²) >= 11 is 1.60. The summed E-state index contributed by atoms with van der Waals surface area (Å²) in [5.41, 5.74) is 10.4. The number of hydrogen-bond donors (Lipinski definition) is 4. The number of likely N-dealkylation sites (tertiary alicyclic amines) is 1.